The monoisotopic (exact) mass is 388 g/mol. The average Bonchev–Trinajstić information content (AvgIpc) is 2.62. The number of carbonyl (C=O) groups excluding carboxylic acids is 3. The van der Waals surface area contributed by atoms with Crippen LogP contribution in [0.25, 0.3) is 0 Å². The van der Waals surface area contributed by atoms with E-state index in [4.69, 9.17) is 16.3 Å². The Bertz CT molecular complexity index is 896. The lowest BCUT2D eigenvalue weighted by molar-refractivity contribution is -0.120. The predicted molar refractivity (Wildman–Crippen MR) is 105 cm³/mol. The Hall–Kier alpha value is -2.86. The van der Waals surface area contributed by atoms with E-state index in [2.05, 4.69) is 5.32 Å². The van der Waals surface area contributed by atoms with Crippen LogP contribution in [0.4, 0.5) is 11.4 Å². The van der Waals surface area contributed by atoms with Crippen LogP contribution in [0.2, 0.25) is 5.02 Å². The average molecular weight is 389 g/mol. The van der Waals surface area contributed by atoms with Crippen LogP contribution in [0.1, 0.15) is 28.4 Å². The van der Waals surface area contributed by atoms with E-state index in [1.54, 1.807) is 0 Å². The van der Waals surface area contributed by atoms with Crippen molar-refractivity contribution in [1.82, 2.24) is 0 Å². The molecule has 1 N–H and O–H groups in total. The molecule has 0 saturated carbocycles. The number of nitrogens with zero attached hydrogens (tertiary/aromatic N) is 1. The summed E-state index contributed by atoms with van der Waals surface area (Å²) < 4.78 is 4.69. The maximum Gasteiger partial charge on any atom is 0.337 e. The summed E-state index contributed by atoms with van der Waals surface area (Å²) in [6.07, 6.45) is 0. The third kappa shape index (κ3) is 5.08. The number of hydrogen-bond donors (Lipinski definition) is 1. The SMILES string of the molecule is COC(=O)c1ccc(Cl)c(N(CC(=O)Nc2cc(C)ccc2C)C(C)=O)c1. The zero-order valence-corrected chi connectivity index (χ0v) is 16.4. The van der Waals surface area contributed by atoms with Gasteiger partial charge in [-0.2, -0.15) is 0 Å². The van der Waals surface area contributed by atoms with Gasteiger partial charge in [0.25, 0.3) is 0 Å². The fourth-order valence-electron chi connectivity index (χ4n) is 2.53. The molecule has 0 atom stereocenters. The van der Waals surface area contributed by atoms with Crippen LogP contribution in [0.5, 0.6) is 0 Å². The molecule has 0 aliphatic carbocycles. The van der Waals surface area contributed by atoms with E-state index in [0.717, 1.165) is 11.1 Å². The van der Waals surface area contributed by atoms with Crippen LogP contribution in [0, 0.1) is 13.8 Å². The van der Waals surface area contributed by atoms with E-state index >= 15 is 0 Å². The number of methoxy groups -OCH3 is 1. The molecule has 2 aromatic carbocycles. The predicted octanol–water partition coefficient (Wildman–Crippen LogP) is 3.74. The van der Waals surface area contributed by atoms with Crippen molar-refractivity contribution in [3.8, 4) is 0 Å². The molecule has 6 nitrogen and oxygen atoms in total. The van der Waals surface area contributed by atoms with Crippen molar-refractivity contribution in [2.24, 2.45) is 0 Å². The Kier molecular flexibility index (Phi) is 6.58. The van der Waals surface area contributed by atoms with Gasteiger partial charge in [0.1, 0.15) is 6.54 Å². The third-order valence-corrected chi connectivity index (χ3v) is 4.33. The van der Waals surface area contributed by atoms with Crippen molar-refractivity contribution >= 4 is 40.8 Å². The second-order valence-corrected chi connectivity index (χ2v) is 6.54. The first kappa shape index (κ1) is 20.5. The van der Waals surface area contributed by atoms with Crippen LogP contribution in [0.15, 0.2) is 36.4 Å². The summed E-state index contributed by atoms with van der Waals surface area (Å²) in [4.78, 5) is 37.6. The lowest BCUT2D eigenvalue weighted by Crippen LogP contribution is -2.37. The van der Waals surface area contributed by atoms with Gasteiger partial charge in [-0.3, -0.25) is 9.59 Å². The first-order chi connectivity index (χ1) is 12.7. The molecule has 0 aliphatic heterocycles. The van der Waals surface area contributed by atoms with Crippen LogP contribution < -0.4 is 10.2 Å². The van der Waals surface area contributed by atoms with Gasteiger partial charge in [-0.25, -0.2) is 4.79 Å². The number of anilines is 2. The lowest BCUT2D eigenvalue weighted by atomic mass is 10.1. The molecule has 2 amide bonds. The van der Waals surface area contributed by atoms with E-state index in [1.165, 1.54) is 37.1 Å². The Morgan fingerprint density at radius 2 is 1.81 bits per heavy atom. The van der Waals surface area contributed by atoms with Crippen molar-refractivity contribution in [1.29, 1.82) is 0 Å². The van der Waals surface area contributed by atoms with Crippen molar-refractivity contribution in [3.05, 3.63) is 58.1 Å². The molecule has 2 rings (SSSR count). The summed E-state index contributed by atoms with van der Waals surface area (Å²) in [5, 5.41) is 3.05. The highest BCUT2D eigenvalue weighted by Crippen LogP contribution is 2.28. The van der Waals surface area contributed by atoms with Gasteiger partial charge in [0, 0.05) is 12.6 Å². The van der Waals surface area contributed by atoms with Gasteiger partial charge in [-0.15, -0.1) is 0 Å². The molecule has 0 aliphatic rings. The van der Waals surface area contributed by atoms with Crippen molar-refractivity contribution in [2.75, 3.05) is 23.9 Å². The van der Waals surface area contributed by atoms with Gasteiger partial charge in [0.2, 0.25) is 11.8 Å². The summed E-state index contributed by atoms with van der Waals surface area (Å²) in [7, 11) is 1.26. The molecular formula is C20H21ClN2O4. The third-order valence-electron chi connectivity index (χ3n) is 4.01. The van der Waals surface area contributed by atoms with Crippen molar-refractivity contribution in [3.63, 3.8) is 0 Å². The van der Waals surface area contributed by atoms with Gasteiger partial charge in [-0.05, 0) is 49.2 Å². The normalized spacial score (nSPS) is 10.3. The molecule has 0 fully saturated rings. The van der Waals surface area contributed by atoms with Gasteiger partial charge in [0.05, 0.1) is 23.4 Å². The number of rotatable bonds is 5. The molecule has 0 saturated heterocycles. The fourth-order valence-corrected chi connectivity index (χ4v) is 2.75. The second-order valence-electron chi connectivity index (χ2n) is 6.13. The molecule has 0 aromatic heterocycles. The van der Waals surface area contributed by atoms with Crippen LogP contribution in [-0.4, -0.2) is 31.4 Å². The number of nitrogens with one attached hydrogen (secondary N) is 1. The Morgan fingerprint density at radius 3 is 2.44 bits per heavy atom. The maximum absolute atomic E-state index is 12.5. The number of carbonyl (C=O) groups is 3. The molecule has 0 unspecified atom stereocenters. The van der Waals surface area contributed by atoms with Gasteiger partial charge in [-0.1, -0.05) is 23.7 Å². The van der Waals surface area contributed by atoms with Crippen LogP contribution >= 0.6 is 11.6 Å². The molecule has 2 aromatic rings. The molecule has 27 heavy (non-hydrogen) atoms. The molecular weight excluding hydrogens is 368 g/mol. The van der Waals surface area contributed by atoms with Crippen molar-refractivity contribution < 1.29 is 19.1 Å². The molecule has 0 radical (unpaired) electrons. The summed E-state index contributed by atoms with van der Waals surface area (Å²) >= 11 is 6.19. The zero-order valence-electron chi connectivity index (χ0n) is 15.6. The van der Waals surface area contributed by atoms with E-state index < -0.39 is 5.97 Å². The zero-order chi connectivity index (χ0) is 20.1. The number of benzene rings is 2. The number of ether oxygens (including phenoxy) is 1. The van der Waals surface area contributed by atoms with E-state index in [9.17, 15) is 14.4 Å². The Labute approximate surface area is 163 Å². The highest BCUT2D eigenvalue weighted by Gasteiger charge is 2.20. The van der Waals surface area contributed by atoms with E-state index in [1.807, 2.05) is 32.0 Å². The molecule has 0 bridgehead atoms. The highest BCUT2D eigenvalue weighted by atomic mass is 35.5. The van der Waals surface area contributed by atoms with E-state index in [0.29, 0.717) is 5.69 Å². The number of hydrogen-bond acceptors (Lipinski definition) is 4. The molecule has 0 heterocycles. The number of halogens is 1. The topological polar surface area (TPSA) is 75.7 Å². The minimum absolute atomic E-state index is 0.234. The van der Waals surface area contributed by atoms with Gasteiger partial charge < -0.3 is 15.0 Å². The van der Waals surface area contributed by atoms with Gasteiger partial charge in [0.15, 0.2) is 0 Å². The fraction of sp³-hybridized carbons (Fsp3) is 0.250. The maximum atomic E-state index is 12.5. The van der Waals surface area contributed by atoms with Crippen LogP contribution in [0.3, 0.4) is 0 Å². The molecule has 0 spiro atoms. The minimum Gasteiger partial charge on any atom is -0.465 e. The lowest BCUT2D eigenvalue weighted by Gasteiger charge is -2.22. The first-order valence-corrected chi connectivity index (χ1v) is 8.63. The first-order valence-electron chi connectivity index (χ1n) is 8.26. The number of aryl methyl sites for hydroxylation is 2. The largest absolute Gasteiger partial charge is 0.465 e. The summed E-state index contributed by atoms with van der Waals surface area (Å²) in [6.45, 7) is 4.89. The minimum atomic E-state index is -0.559. The highest BCUT2D eigenvalue weighted by molar-refractivity contribution is 6.34. The number of amides is 2. The number of esters is 1. The molecule has 7 heteroatoms. The summed E-state index contributed by atoms with van der Waals surface area (Å²) in [5.41, 5.74) is 3.10. The summed E-state index contributed by atoms with van der Waals surface area (Å²) in [6, 6.07) is 10.1. The van der Waals surface area contributed by atoms with Gasteiger partial charge >= 0.3 is 5.97 Å². The van der Waals surface area contributed by atoms with Crippen LogP contribution in [-0.2, 0) is 14.3 Å². The standard InChI is InChI=1S/C20H21ClN2O4/c1-12-5-6-13(2)17(9-12)22-19(25)11-23(14(3)24)18-10-15(20(26)27-4)7-8-16(18)21/h5-10H,11H2,1-4H3,(H,22,25). The Balaban J connectivity index is 2.28. The molecule has 142 valence electrons. The quantitative estimate of drug-likeness (QED) is 0.792. The van der Waals surface area contributed by atoms with E-state index in [-0.39, 0.29) is 34.6 Å². The smallest absolute Gasteiger partial charge is 0.337 e. The summed E-state index contributed by atoms with van der Waals surface area (Å²) in [5.74, 6) is -1.32. The van der Waals surface area contributed by atoms with Crippen molar-refractivity contribution in [2.45, 2.75) is 20.8 Å². The second kappa shape index (κ2) is 8.68. The Morgan fingerprint density at radius 1 is 1.11 bits per heavy atom.